The van der Waals surface area contributed by atoms with Crippen molar-refractivity contribution in [3.8, 4) is 73.1 Å². The maximum absolute atomic E-state index is 5.28. The van der Waals surface area contributed by atoms with Crippen LogP contribution in [0.4, 0.5) is 0 Å². The van der Waals surface area contributed by atoms with Crippen molar-refractivity contribution in [1.82, 2.24) is 19.5 Å². The topological polar surface area (TPSA) is 43.6 Å². The molecule has 0 radical (unpaired) electrons. The standard InChI is InChI=1S/C55H36N4/c1-4-14-37(15-5-1)38-24-28-42(29-25-38)50-36-49(41-16-6-2-7-17-41)57-55(58-50)44-30-26-39(27-31-44)40-32-34-45(35-33-40)59-51-23-13-11-21-47(51)52-46-20-10-12-22-48(46)56-53(54(52)59)43-18-8-3-9-19-43/h1-36H. The monoisotopic (exact) mass is 752 g/mol. The van der Waals surface area contributed by atoms with Crippen LogP contribution in [0, 0.1) is 0 Å². The van der Waals surface area contributed by atoms with Crippen molar-refractivity contribution < 1.29 is 0 Å². The zero-order chi connectivity index (χ0) is 39.1. The maximum Gasteiger partial charge on any atom is 0.160 e. The van der Waals surface area contributed by atoms with Gasteiger partial charge in [-0.05, 0) is 52.6 Å². The number of rotatable bonds is 7. The van der Waals surface area contributed by atoms with E-state index in [4.69, 9.17) is 15.0 Å². The summed E-state index contributed by atoms with van der Waals surface area (Å²) in [5.41, 5.74) is 15.9. The van der Waals surface area contributed by atoms with Gasteiger partial charge in [-0.3, -0.25) is 0 Å². The molecule has 0 fully saturated rings. The third kappa shape index (κ3) is 6.24. The molecule has 0 amide bonds. The number of pyridine rings is 1. The molecule has 4 heteroatoms. The Kier molecular flexibility index (Phi) is 8.45. The summed E-state index contributed by atoms with van der Waals surface area (Å²) >= 11 is 0. The number of nitrogens with zero attached hydrogens (tertiary/aromatic N) is 4. The fraction of sp³-hybridized carbons (Fsp3) is 0. The van der Waals surface area contributed by atoms with E-state index in [1.807, 2.05) is 24.3 Å². The minimum absolute atomic E-state index is 0.692. The second kappa shape index (κ2) is 14.5. The zero-order valence-electron chi connectivity index (χ0n) is 32.1. The van der Waals surface area contributed by atoms with Gasteiger partial charge in [-0.2, -0.15) is 0 Å². The summed E-state index contributed by atoms with van der Waals surface area (Å²) in [4.78, 5) is 15.5. The molecule has 11 aromatic rings. The molecule has 0 N–H and O–H groups in total. The van der Waals surface area contributed by atoms with Gasteiger partial charge in [0.05, 0.1) is 33.6 Å². The van der Waals surface area contributed by atoms with Crippen LogP contribution in [-0.4, -0.2) is 19.5 Å². The van der Waals surface area contributed by atoms with E-state index >= 15 is 0 Å². The lowest BCUT2D eigenvalue weighted by atomic mass is 10.0. The van der Waals surface area contributed by atoms with Gasteiger partial charge in [-0.25, -0.2) is 15.0 Å². The SMILES string of the molecule is c1ccc(-c2ccc(-c3cc(-c4ccccc4)nc(-c4ccc(-c5ccc(-n6c7ccccc7c7c8ccccc8nc(-c8ccccc8)c76)cc5)cc4)n3)cc2)cc1. The van der Waals surface area contributed by atoms with E-state index in [1.165, 1.54) is 21.9 Å². The van der Waals surface area contributed by atoms with Gasteiger partial charge in [0.25, 0.3) is 0 Å². The van der Waals surface area contributed by atoms with Crippen molar-refractivity contribution in [1.29, 1.82) is 0 Å². The summed E-state index contributed by atoms with van der Waals surface area (Å²) in [5.74, 6) is 0.692. The molecule has 0 saturated heterocycles. The summed E-state index contributed by atoms with van der Waals surface area (Å²) in [7, 11) is 0. The molecule has 0 spiro atoms. The molecule has 0 bridgehead atoms. The van der Waals surface area contributed by atoms with Crippen LogP contribution in [0.15, 0.2) is 218 Å². The highest BCUT2D eigenvalue weighted by atomic mass is 15.0. The lowest BCUT2D eigenvalue weighted by molar-refractivity contribution is 1.17. The molecular formula is C55H36N4. The average molecular weight is 753 g/mol. The number of fused-ring (bicyclic) bond motifs is 5. The Morgan fingerprint density at radius 1 is 0.322 bits per heavy atom. The Balaban J connectivity index is 0.968. The van der Waals surface area contributed by atoms with E-state index in [9.17, 15) is 0 Å². The van der Waals surface area contributed by atoms with Gasteiger partial charge in [-0.15, -0.1) is 0 Å². The normalized spacial score (nSPS) is 11.4. The average Bonchev–Trinajstić information content (AvgIpc) is 3.68. The Morgan fingerprint density at radius 3 is 1.39 bits per heavy atom. The van der Waals surface area contributed by atoms with Crippen molar-refractivity contribution in [3.63, 3.8) is 0 Å². The predicted octanol–water partition coefficient (Wildman–Crippen LogP) is 14.1. The first kappa shape index (κ1) is 34.3. The van der Waals surface area contributed by atoms with E-state index in [0.29, 0.717) is 5.82 Å². The van der Waals surface area contributed by atoms with Gasteiger partial charge in [0, 0.05) is 44.1 Å². The number of benzene rings is 8. The van der Waals surface area contributed by atoms with E-state index < -0.39 is 0 Å². The fourth-order valence-corrected chi connectivity index (χ4v) is 8.32. The zero-order valence-corrected chi connectivity index (χ0v) is 32.1. The Labute approximate surface area is 342 Å². The molecule has 3 heterocycles. The highest BCUT2D eigenvalue weighted by Gasteiger charge is 2.20. The minimum Gasteiger partial charge on any atom is -0.307 e. The Hall–Kier alpha value is -7.95. The molecule has 0 atom stereocenters. The smallest absolute Gasteiger partial charge is 0.160 e. The van der Waals surface area contributed by atoms with E-state index in [0.717, 1.165) is 78.1 Å². The molecule has 0 aliphatic carbocycles. The van der Waals surface area contributed by atoms with E-state index in [-0.39, 0.29) is 0 Å². The molecule has 0 unspecified atom stereocenters. The second-order valence-electron chi connectivity index (χ2n) is 14.8. The largest absolute Gasteiger partial charge is 0.307 e. The van der Waals surface area contributed by atoms with Crippen LogP contribution in [0.3, 0.4) is 0 Å². The van der Waals surface area contributed by atoms with Crippen LogP contribution >= 0.6 is 0 Å². The summed E-state index contributed by atoms with van der Waals surface area (Å²) < 4.78 is 2.38. The molecule has 3 aromatic heterocycles. The van der Waals surface area contributed by atoms with E-state index in [1.54, 1.807) is 0 Å². The molecule has 276 valence electrons. The Bertz CT molecular complexity index is 3260. The number of hydrogen-bond acceptors (Lipinski definition) is 3. The van der Waals surface area contributed by atoms with Crippen molar-refractivity contribution >= 4 is 32.7 Å². The van der Waals surface area contributed by atoms with Crippen LogP contribution in [0.2, 0.25) is 0 Å². The van der Waals surface area contributed by atoms with Gasteiger partial charge < -0.3 is 4.57 Å². The Morgan fingerprint density at radius 2 is 0.763 bits per heavy atom. The molecule has 8 aromatic carbocycles. The number of para-hydroxylation sites is 2. The molecular weight excluding hydrogens is 717 g/mol. The molecule has 11 rings (SSSR count). The quantitative estimate of drug-likeness (QED) is 0.163. The van der Waals surface area contributed by atoms with Crippen LogP contribution in [0.5, 0.6) is 0 Å². The third-order valence-electron chi connectivity index (χ3n) is 11.2. The first-order valence-corrected chi connectivity index (χ1v) is 19.9. The molecule has 0 aliphatic heterocycles. The van der Waals surface area contributed by atoms with Crippen molar-refractivity contribution in [2.24, 2.45) is 0 Å². The van der Waals surface area contributed by atoms with Crippen molar-refractivity contribution in [3.05, 3.63) is 218 Å². The summed E-state index contributed by atoms with van der Waals surface area (Å²) in [6.07, 6.45) is 0. The summed E-state index contributed by atoms with van der Waals surface area (Å²) in [6.45, 7) is 0. The van der Waals surface area contributed by atoms with Crippen LogP contribution < -0.4 is 0 Å². The number of hydrogen-bond donors (Lipinski definition) is 0. The molecule has 59 heavy (non-hydrogen) atoms. The fourth-order valence-electron chi connectivity index (χ4n) is 8.32. The summed E-state index contributed by atoms with van der Waals surface area (Å²) in [6, 6.07) is 76.7. The van der Waals surface area contributed by atoms with Gasteiger partial charge in [0.2, 0.25) is 0 Å². The maximum atomic E-state index is 5.28. The first-order valence-electron chi connectivity index (χ1n) is 19.9. The second-order valence-corrected chi connectivity index (χ2v) is 14.8. The molecule has 0 saturated carbocycles. The lowest BCUT2D eigenvalue weighted by Gasteiger charge is -2.13. The molecule has 0 aliphatic rings. The van der Waals surface area contributed by atoms with Gasteiger partial charge in [-0.1, -0.05) is 188 Å². The van der Waals surface area contributed by atoms with E-state index in [2.05, 4.69) is 199 Å². The first-order chi connectivity index (χ1) is 29.2. The van der Waals surface area contributed by atoms with Crippen LogP contribution in [0.25, 0.3) is 106 Å². The predicted molar refractivity (Wildman–Crippen MR) is 244 cm³/mol. The van der Waals surface area contributed by atoms with Crippen molar-refractivity contribution in [2.75, 3.05) is 0 Å². The van der Waals surface area contributed by atoms with Gasteiger partial charge >= 0.3 is 0 Å². The molecule has 4 nitrogen and oxygen atoms in total. The third-order valence-corrected chi connectivity index (χ3v) is 11.2. The van der Waals surface area contributed by atoms with Gasteiger partial charge in [0.1, 0.15) is 0 Å². The van der Waals surface area contributed by atoms with Crippen molar-refractivity contribution in [2.45, 2.75) is 0 Å². The highest BCUT2D eigenvalue weighted by molar-refractivity contribution is 6.23. The van der Waals surface area contributed by atoms with Crippen LogP contribution in [0.1, 0.15) is 0 Å². The minimum atomic E-state index is 0.692. The van der Waals surface area contributed by atoms with Crippen LogP contribution in [-0.2, 0) is 0 Å². The van der Waals surface area contributed by atoms with Gasteiger partial charge in [0.15, 0.2) is 5.82 Å². The summed E-state index contributed by atoms with van der Waals surface area (Å²) in [5, 5.41) is 3.58. The number of aromatic nitrogens is 4. The highest BCUT2D eigenvalue weighted by Crippen LogP contribution is 2.41. The lowest BCUT2D eigenvalue weighted by Crippen LogP contribution is -1.98.